The lowest BCUT2D eigenvalue weighted by atomic mass is 9.91. The largest absolute Gasteiger partial charge is 0.487 e. The molecule has 0 saturated heterocycles. The van der Waals surface area contributed by atoms with Crippen LogP contribution in [0.15, 0.2) is 97.1 Å². The molecule has 0 fully saturated rings. The van der Waals surface area contributed by atoms with E-state index in [1.165, 1.54) is 0 Å². The number of allylic oxidation sites excluding steroid dienone is 1. The molecule has 30 heavy (non-hydrogen) atoms. The van der Waals surface area contributed by atoms with Crippen LogP contribution in [0.5, 0.6) is 5.75 Å². The maximum absolute atomic E-state index is 9.21. The molecule has 3 nitrogen and oxygen atoms in total. The second-order valence-electron chi connectivity index (χ2n) is 6.99. The molecule has 0 aliphatic rings. The van der Waals surface area contributed by atoms with Gasteiger partial charge in [-0.3, -0.25) is 0 Å². The molecule has 150 valence electrons. The molecule has 1 heterocycles. The van der Waals surface area contributed by atoms with Crippen molar-refractivity contribution in [3.05, 3.63) is 119 Å². The van der Waals surface area contributed by atoms with Crippen molar-refractivity contribution in [3.63, 3.8) is 0 Å². The molecule has 1 atom stereocenters. The van der Waals surface area contributed by atoms with Crippen LogP contribution < -0.4 is 4.74 Å². The minimum absolute atomic E-state index is 0.00401. The molecule has 0 aliphatic carbocycles. The maximum Gasteiger partial charge on any atom is 0.130 e. The van der Waals surface area contributed by atoms with E-state index in [0.717, 1.165) is 33.5 Å². The van der Waals surface area contributed by atoms with Gasteiger partial charge >= 0.3 is 0 Å². The molecule has 1 aromatic heterocycles. The molecule has 0 radical (unpaired) electrons. The molecule has 1 unspecified atom stereocenters. The number of fused-ring (bicyclic) bond motifs is 1. The Morgan fingerprint density at radius 1 is 0.867 bits per heavy atom. The lowest BCUT2D eigenvalue weighted by Crippen LogP contribution is -2.00. The Balaban J connectivity index is 1.48. The first-order valence-electron chi connectivity index (χ1n) is 9.83. The molecule has 1 N–H and O–H groups in total. The van der Waals surface area contributed by atoms with Gasteiger partial charge in [-0.2, -0.15) is 0 Å². The SMILES string of the molecule is OCC=CC(c1ccc(Cl)cc1)c1ccc(OCc2ccc3ccccc3n2)cc1. The molecule has 4 rings (SSSR count). The van der Waals surface area contributed by atoms with Crippen molar-refractivity contribution >= 4 is 22.5 Å². The molecule has 3 aromatic carbocycles. The highest BCUT2D eigenvalue weighted by atomic mass is 35.5. The lowest BCUT2D eigenvalue weighted by molar-refractivity contribution is 0.301. The summed E-state index contributed by atoms with van der Waals surface area (Å²) in [5.74, 6) is 0.820. The van der Waals surface area contributed by atoms with Crippen LogP contribution >= 0.6 is 11.6 Å². The number of aromatic nitrogens is 1. The Morgan fingerprint density at radius 3 is 2.30 bits per heavy atom. The van der Waals surface area contributed by atoms with E-state index in [1.807, 2.05) is 84.9 Å². The van der Waals surface area contributed by atoms with Gasteiger partial charge in [0.1, 0.15) is 12.4 Å². The van der Waals surface area contributed by atoms with Gasteiger partial charge in [-0.05, 0) is 47.5 Å². The topological polar surface area (TPSA) is 42.4 Å². The van der Waals surface area contributed by atoms with E-state index in [1.54, 1.807) is 6.08 Å². The molecule has 4 heteroatoms. The number of rotatable bonds is 7. The Labute approximate surface area is 181 Å². The van der Waals surface area contributed by atoms with Crippen LogP contribution in [0.2, 0.25) is 5.02 Å². The fraction of sp³-hybridized carbons (Fsp3) is 0.115. The molecular weight excluding hydrogens is 394 g/mol. The van der Waals surface area contributed by atoms with Crippen LogP contribution in [0.25, 0.3) is 10.9 Å². The third-order valence-corrected chi connectivity index (χ3v) is 5.20. The summed E-state index contributed by atoms with van der Waals surface area (Å²) in [6.07, 6.45) is 3.76. The highest BCUT2D eigenvalue weighted by Gasteiger charge is 2.11. The van der Waals surface area contributed by atoms with Gasteiger partial charge in [0.05, 0.1) is 17.8 Å². The number of benzene rings is 3. The van der Waals surface area contributed by atoms with Gasteiger partial charge in [-0.15, -0.1) is 0 Å². The van der Waals surface area contributed by atoms with Gasteiger partial charge in [-0.1, -0.05) is 72.3 Å². The van der Waals surface area contributed by atoms with Crippen molar-refractivity contribution in [3.8, 4) is 5.75 Å². The maximum atomic E-state index is 9.21. The third-order valence-electron chi connectivity index (χ3n) is 4.95. The van der Waals surface area contributed by atoms with Gasteiger partial charge in [0, 0.05) is 16.3 Å². The number of hydrogen-bond donors (Lipinski definition) is 1. The molecular formula is C26H22ClNO2. The minimum atomic E-state index is 0.00401. The number of para-hydroxylation sites is 1. The highest BCUT2D eigenvalue weighted by molar-refractivity contribution is 6.30. The van der Waals surface area contributed by atoms with E-state index >= 15 is 0 Å². The molecule has 4 aromatic rings. The van der Waals surface area contributed by atoms with Crippen LogP contribution in [-0.2, 0) is 6.61 Å². The summed E-state index contributed by atoms with van der Waals surface area (Å²) in [5, 5.41) is 11.0. The minimum Gasteiger partial charge on any atom is -0.487 e. The van der Waals surface area contributed by atoms with Gasteiger partial charge in [0.15, 0.2) is 0 Å². The Bertz CT molecular complexity index is 1140. The average Bonchev–Trinajstić information content (AvgIpc) is 2.79. The summed E-state index contributed by atoms with van der Waals surface area (Å²) in [6, 6.07) is 27.9. The standard InChI is InChI=1S/C26H22ClNO2/c27-22-12-7-19(8-13-22)25(5-3-17-29)20-10-15-24(16-11-20)30-18-23-14-9-21-4-1-2-6-26(21)28-23/h1-16,25,29H,17-18H2. The lowest BCUT2D eigenvalue weighted by Gasteiger charge is -2.15. The summed E-state index contributed by atoms with van der Waals surface area (Å²) in [6.45, 7) is 0.416. The Morgan fingerprint density at radius 2 is 1.57 bits per heavy atom. The van der Waals surface area contributed by atoms with Crippen LogP contribution in [0.1, 0.15) is 22.7 Å². The fourth-order valence-electron chi connectivity index (χ4n) is 3.40. The Hall–Kier alpha value is -3.14. The number of nitrogens with zero attached hydrogens (tertiary/aromatic N) is 1. The van der Waals surface area contributed by atoms with E-state index in [4.69, 9.17) is 16.3 Å². The quantitative estimate of drug-likeness (QED) is 0.368. The van der Waals surface area contributed by atoms with E-state index < -0.39 is 0 Å². The number of aliphatic hydroxyl groups is 1. The molecule has 0 spiro atoms. The van der Waals surface area contributed by atoms with Crippen LogP contribution in [0.3, 0.4) is 0 Å². The van der Waals surface area contributed by atoms with E-state index in [2.05, 4.69) is 11.1 Å². The number of hydrogen-bond acceptors (Lipinski definition) is 3. The monoisotopic (exact) mass is 415 g/mol. The van der Waals surface area contributed by atoms with Crippen molar-refractivity contribution in [2.24, 2.45) is 0 Å². The second-order valence-corrected chi connectivity index (χ2v) is 7.43. The molecule has 0 saturated carbocycles. The predicted molar refractivity (Wildman–Crippen MR) is 122 cm³/mol. The molecule has 0 amide bonds. The van der Waals surface area contributed by atoms with Gasteiger partial charge in [-0.25, -0.2) is 4.98 Å². The van der Waals surface area contributed by atoms with Crippen molar-refractivity contribution in [2.75, 3.05) is 6.61 Å². The van der Waals surface area contributed by atoms with E-state index in [0.29, 0.717) is 11.6 Å². The second kappa shape index (κ2) is 9.57. The summed E-state index contributed by atoms with van der Waals surface area (Å²) < 4.78 is 5.94. The van der Waals surface area contributed by atoms with Crippen LogP contribution in [0, 0.1) is 0 Å². The van der Waals surface area contributed by atoms with Crippen molar-refractivity contribution in [2.45, 2.75) is 12.5 Å². The number of halogens is 1. The smallest absolute Gasteiger partial charge is 0.130 e. The fourth-order valence-corrected chi connectivity index (χ4v) is 3.53. The predicted octanol–water partition coefficient (Wildman–Crippen LogP) is 6.15. The number of ether oxygens (including phenoxy) is 1. The average molecular weight is 416 g/mol. The Kier molecular flexibility index (Phi) is 6.43. The number of aliphatic hydroxyl groups excluding tert-OH is 1. The van der Waals surface area contributed by atoms with E-state index in [-0.39, 0.29) is 12.5 Å². The van der Waals surface area contributed by atoms with Crippen molar-refractivity contribution < 1.29 is 9.84 Å². The van der Waals surface area contributed by atoms with Gasteiger partial charge in [0.25, 0.3) is 0 Å². The summed E-state index contributed by atoms with van der Waals surface area (Å²) in [7, 11) is 0. The summed E-state index contributed by atoms with van der Waals surface area (Å²) in [5.41, 5.74) is 4.08. The van der Waals surface area contributed by atoms with Crippen molar-refractivity contribution in [1.82, 2.24) is 4.98 Å². The van der Waals surface area contributed by atoms with E-state index in [9.17, 15) is 5.11 Å². The zero-order valence-corrected chi connectivity index (χ0v) is 17.2. The molecule has 0 aliphatic heterocycles. The summed E-state index contributed by atoms with van der Waals surface area (Å²) >= 11 is 6.03. The highest BCUT2D eigenvalue weighted by Crippen LogP contribution is 2.29. The molecule has 0 bridgehead atoms. The zero-order valence-electron chi connectivity index (χ0n) is 16.4. The van der Waals surface area contributed by atoms with Gasteiger partial charge < -0.3 is 9.84 Å². The zero-order chi connectivity index (χ0) is 20.8. The third kappa shape index (κ3) is 4.88. The van der Waals surface area contributed by atoms with Gasteiger partial charge in [0.2, 0.25) is 0 Å². The first-order chi connectivity index (χ1) is 14.7. The first-order valence-corrected chi connectivity index (χ1v) is 10.2. The van der Waals surface area contributed by atoms with Crippen LogP contribution in [0.4, 0.5) is 0 Å². The van der Waals surface area contributed by atoms with Crippen LogP contribution in [-0.4, -0.2) is 16.7 Å². The summed E-state index contributed by atoms with van der Waals surface area (Å²) in [4.78, 5) is 4.65. The number of pyridine rings is 1. The normalized spacial score (nSPS) is 12.3. The first kappa shape index (κ1) is 20.1. The van der Waals surface area contributed by atoms with Crippen molar-refractivity contribution in [1.29, 1.82) is 0 Å².